The maximum absolute atomic E-state index is 10.6. The van der Waals surface area contributed by atoms with Crippen molar-refractivity contribution in [1.29, 1.82) is 0 Å². The number of rotatable bonds is 6. The summed E-state index contributed by atoms with van der Waals surface area (Å²) in [7, 11) is -1.81. The highest BCUT2D eigenvalue weighted by molar-refractivity contribution is 6.74. The van der Waals surface area contributed by atoms with E-state index in [1.165, 1.54) is 0 Å². The Hall–Kier alpha value is -2.77. The summed E-state index contributed by atoms with van der Waals surface area (Å²) in [5, 5.41) is 25.3. The number of hydrogen-bond donors (Lipinski definition) is 2. The van der Waals surface area contributed by atoms with Crippen molar-refractivity contribution >= 4 is 31.0 Å². The van der Waals surface area contributed by atoms with E-state index < -0.39 is 8.32 Å². The third kappa shape index (κ3) is 5.00. The van der Waals surface area contributed by atoms with E-state index in [9.17, 15) is 5.11 Å². The fourth-order valence-corrected chi connectivity index (χ4v) is 5.75. The number of phenols is 1. The van der Waals surface area contributed by atoms with Crippen molar-refractivity contribution in [3.05, 3.63) is 48.8 Å². The molecule has 0 aliphatic heterocycles. The van der Waals surface area contributed by atoms with Gasteiger partial charge < -0.3 is 14.8 Å². The van der Waals surface area contributed by atoms with E-state index in [1.54, 1.807) is 18.3 Å². The summed E-state index contributed by atoms with van der Waals surface area (Å²) in [6.07, 6.45) is 9.81. The minimum atomic E-state index is -1.81. The number of nitrogens with zero attached hydrogens (tertiary/aromatic N) is 3. The smallest absolute Gasteiger partial charge is 0.192 e. The van der Waals surface area contributed by atoms with Crippen LogP contribution in [0.25, 0.3) is 28.1 Å². The van der Waals surface area contributed by atoms with E-state index in [4.69, 9.17) is 4.43 Å². The third-order valence-electron chi connectivity index (χ3n) is 7.33. The van der Waals surface area contributed by atoms with Crippen LogP contribution in [0, 0.1) is 0 Å². The Kier molecular flexibility index (Phi) is 6.78. The Labute approximate surface area is 203 Å². The number of anilines is 1. The molecule has 1 saturated carbocycles. The predicted molar refractivity (Wildman–Crippen MR) is 142 cm³/mol. The van der Waals surface area contributed by atoms with Crippen LogP contribution in [0.5, 0.6) is 5.75 Å². The van der Waals surface area contributed by atoms with E-state index in [0.29, 0.717) is 11.3 Å². The molecule has 2 N–H and O–H groups in total. The summed E-state index contributed by atoms with van der Waals surface area (Å²) < 4.78 is 6.72. The fourth-order valence-electron chi connectivity index (χ4n) is 4.35. The SMILES string of the molecule is C=Cc1ccc(-c2nnc(N[C@@H]3CCC[C@H](O[Si](C)(C)C(C)(C)C)C3)c3cnccc23)c(O)c1. The second-order valence-corrected chi connectivity index (χ2v) is 15.6. The molecule has 4 rings (SSSR count). The highest BCUT2D eigenvalue weighted by Gasteiger charge is 2.40. The maximum Gasteiger partial charge on any atom is 0.192 e. The number of aromatic nitrogens is 3. The molecule has 2 atom stereocenters. The van der Waals surface area contributed by atoms with Crippen molar-refractivity contribution in [1.82, 2.24) is 15.2 Å². The minimum absolute atomic E-state index is 0.156. The maximum atomic E-state index is 10.6. The number of aromatic hydroxyl groups is 1. The molecule has 180 valence electrons. The first kappa shape index (κ1) is 24.4. The van der Waals surface area contributed by atoms with Crippen molar-refractivity contribution in [2.45, 2.75) is 76.7 Å². The zero-order chi connectivity index (χ0) is 24.5. The Morgan fingerprint density at radius 2 is 1.94 bits per heavy atom. The molecule has 7 heteroatoms. The number of nitrogens with one attached hydrogen (secondary N) is 1. The molecule has 34 heavy (non-hydrogen) atoms. The highest BCUT2D eigenvalue weighted by Crippen LogP contribution is 2.40. The molecule has 0 spiro atoms. The van der Waals surface area contributed by atoms with E-state index in [0.717, 1.165) is 47.8 Å². The van der Waals surface area contributed by atoms with Gasteiger partial charge in [0.05, 0.1) is 0 Å². The summed E-state index contributed by atoms with van der Waals surface area (Å²) in [6.45, 7) is 15.3. The van der Waals surface area contributed by atoms with Gasteiger partial charge >= 0.3 is 0 Å². The predicted octanol–water partition coefficient (Wildman–Crippen LogP) is 6.79. The van der Waals surface area contributed by atoms with Crippen LogP contribution >= 0.6 is 0 Å². The lowest BCUT2D eigenvalue weighted by molar-refractivity contribution is 0.132. The first-order valence-electron chi connectivity index (χ1n) is 12.1. The van der Waals surface area contributed by atoms with E-state index >= 15 is 0 Å². The lowest BCUT2D eigenvalue weighted by atomic mass is 9.93. The quantitative estimate of drug-likeness (QED) is 0.381. The third-order valence-corrected chi connectivity index (χ3v) is 11.9. The van der Waals surface area contributed by atoms with Gasteiger partial charge in [0, 0.05) is 40.9 Å². The summed E-state index contributed by atoms with van der Waals surface area (Å²) in [5.74, 6) is 0.885. The number of benzene rings is 1. The lowest BCUT2D eigenvalue weighted by Crippen LogP contribution is -2.46. The van der Waals surface area contributed by atoms with Crippen LogP contribution in [0.1, 0.15) is 52.0 Å². The first-order valence-corrected chi connectivity index (χ1v) is 15.0. The monoisotopic (exact) mass is 476 g/mol. The van der Waals surface area contributed by atoms with Crippen molar-refractivity contribution in [2.24, 2.45) is 0 Å². The normalized spacial score (nSPS) is 19.2. The highest BCUT2D eigenvalue weighted by atomic mass is 28.4. The molecular weight excluding hydrogens is 440 g/mol. The van der Waals surface area contributed by atoms with Crippen LogP contribution in [0.4, 0.5) is 5.82 Å². The molecule has 2 aromatic heterocycles. The van der Waals surface area contributed by atoms with E-state index in [-0.39, 0.29) is 22.9 Å². The van der Waals surface area contributed by atoms with Gasteiger partial charge in [-0.2, -0.15) is 0 Å². The topological polar surface area (TPSA) is 80.2 Å². The molecule has 0 radical (unpaired) electrons. The standard InChI is InChI=1S/C27H36N4O2Si/c1-7-18-11-12-22(24(32)15-18)25-21-13-14-28-17-23(21)26(31-30-25)29-19-9-8-10-20(16-19)33-34(5,6)27(2,3)4/h7,11-15,17,19-20,32H,1,8-10,16H2,2-6H3,(H,29,31)/t19-,20+/m1/s1. The second-order valence-electron chi connectivity index (χ2n) is 10.8. The molecule has 0 amide bonds. The average molecular weight is 477 g/mol. The Morgan fingerprint density at radius 1 is 1.15 bits per heavy atom. The Balaban J connectivity index is 1.59. The number of hydrogen-bond acceptors (Lipinski definition) is 6. The van der Waals surface area contributed by atoms with Gasteiger partial charge in [-0.05, 0) is 67.6 Å². The fraction of sp³-hybridized carbons (Fsp3) is 0.444. The number of phenolic OH excluding ortho intramolecular Hbond substituents is 1. The van der Waals surface area contributed by atoms with Gasteiger partial charge in [0.25, 0.3) is 0 Å². The molecule has 1 fully saturated rings. The van der Waals surface area contributed by atoms with Crippen LogP contribution in [0.2, 0.25) is 18.1 Å². The number of pyridine rings is 1. The van der Waals surface area contributed by atoms with Crippen LogP contribution in [-0.4, -0.2) is 40.8 Å². The summed E-state index contributed by atoms with van der Waals surface area (Å²) in [6, 6.07) is 7.65. The van der Waals surface area contributed by atoms with Gasteiger partial charge in [-0.25, -0.2) is 0 Å². The minimum Gasteiger partial charge on any atom is -0.507 e. The molecule has 3 aromatic rings. The van der Waals surface area contributed by atoms with Crippen molar-refractivity contribution in [3.8, 4) is 17.0 Å². The van der Waals surface area contributed by atoms with E-state index in [1.807, 2.05) is 24.4 Å². The van der Waals surface area contributed by atoms with Crippen molar-refractivity contribution < 1.29 is 9.53 Å². The Bertz CT molecular complexity index is 1190. The number of fused-ring (bicyclic) bond motifs is 1. The van der Waals surface area contributed by atoms with Gasteiger partial charge in [0.1, 0.15) is 11.4 Å². The van der Waals surface area contributed by atoms with Crippen LogP contribution in [0.15, 0.2) is 43.2 Å². The zero-order valence-corrected chi connectivity index (χ0v) is 21.9. The second kappa shape index (κ2) is 9.47. The van der Waals surface area contributed by atoms with Crippen molar-refractivity contribution in [2.75, 3.05) is 5.32 Å². The molecule has 1 aromatic carbocycles. The van der Waals surface area contributed by atoms with Crippen LogP contribution in [-0.2, 0) is 4.43 Å². The Morgan fingerprint density at radius 3 is 2.65 bits per heavy atom. The molecule has 0 saturated heterocycles. The molecular formula is C27H36N4O2Si. The lowest BCUT2D eigenvalue weighted by Gasteiger charge is -2.41. The van der Waals surface area contributed by atoms with Crippen LogP contribution in [0.3, 0.4) is 0 Å². The summed E-state index contributed by atoms with van der Waals surface area (Å²) in [5.41, 5.74) is 2.13. The first-order chi connectivity index (χ1) is 16.1. The molecule has 6 nitrogen and oxygen atoms in total. The van der Waals surface area contributed by atoms with E-state index in [2.05, 4.69) is 60.9 Å². The summed E-state index contributed by atoms with van der Waals surface area (Å²) in [4.78, 5) is 4.34. The van der Waals surface area contributed by atoms with Gasteiger partial charge in [-0.3, -0.25) is 4.98 Å². The zero-order valence-electron chi connectivity index (χ0n) is 20.9. The summed E-state index contributed by atoms with van der Waals surface area (Å²) >= 11 is 0. The van der Waals surface area contributed by atoms with Gasteiger partial charge in [0.15, 0.2) is 14.1 Å². The molecule has 1 aliphatic rings. The molecule has 2 heterocycles. The molecule has 0 unspecified atom stereocenters. The van der Waals surface area contributed by atoms with Gasteiger partial charge in [0.2, 0.25) is 0 Å². The van der Waals surface area contributed by atoms with Gasteiger partial charge in [-0.1, -0.05) is 39.5 Å². The van der Waals surface area contributed by atoms with Crippen LogP contribution < -0.4 is 5.32 Å². The molecule has 0 bridgehead atoms. The molecule has 1 aliphatic carbocycles. The average Bonchev–Trinajstić information content (AvgIpc) is 2.79. The van der Waals surface area contributed by atoms with Gasteiger partial charge in [-0.15, -0.1) is 10.2 Å². The van der Waals surface area contributed by atoms with Crippen molar-refractivity contribution in [3.63, 3.8) is 0 Å². The largest absolute Gasteiger partial charge is 0.507 e.